The van der Waals surface area contributed by atoms with Crippen LogP contribution in [0.4, 0.5) is 0 Å². The molecule has 6 rings (SSSR count). The van der Waals surface area contributed by atoms with E-state index in [1.54, 1.807) is 12.4 Å². The Balaban J connectivity index is 1.36. The lowest BCUT2D eigenvalue weighted by Gasteiger charge is -2.73. The molecule has 0 radical (unpaired) electrons. The van der Waals surface area contributed by atoms with Gasteiger partial charge < -0.3 is 10.4 Å². The second-order valence-electron chi connectivity index (χ2n) is 15.9. The Morgan fingerprint density at radius 3 is 2.31 bits per heavy atom. The fourth-order valence-electron chi connectivity index (χ4n) is 12.2. The zero-order chi connectivity index (χ0) is 28.0. The fourth-order valence-corrected chi connectivity index (χ4v) is 12.2. The largest absolute Gasteiger partial charge is 0.393 e. The number of allylic oxidation sites excluding steroid dienone is 1. The first-order valence-electron chi connectivity index (χ1n) is 15.9. The van der Waals surface area contributed by atoms with Crippen molar-refractivity contribution in [3.05, 3.63) is 42.2 Å². The number of nitrogens with one attached hydrogen (secondary N) is 1. The number of aliphatic hydroxyl groups is 1. The smallest absolute Gasteiger partial charge is 0.251 e. The predicted octanol–water partition coefficient (Wildman–Crippen LogP) is 7.58. The third kappa shape index (κ3) is 3.65. The molecule has 0 spiro atoms. The van der Waals surface area contributed by atoms with E-state index in [1.807, 2.05) is 12.1 Å². The molecule has 214 valence electrons. The third-order valence-corrected chi connectivity index (χ3v) is 14.4. The van der Waals surface area contributed by atoms with Crippen LogP contribution >= 0.6 is 0 Å². The molecule has 0 aromatic carbocycles. The van der Waals surface area contributed by atoms with Crippen molar-refractivity contribution in [3.63, 3.8) is 0 Å². The number of fused-ring (bicyclic) bond motifs is 7. The summed E-state index contributed by atoms with van der Waals surface area (Å²) in [4.78, 5) is 17.7. The van der Waals surface area contributed by atoms with Gasteiger partial charge in [0.05, 0.1) is 6.10 Å². The normalized spacial score (nSPS) is 48.2. The van der Waals surface area contributed by atoms with Crippen LogP contribution in [-0.4, -0.2) is 27.6 Å². The van der Waals surface area contributed by atoms with E-state index >= 15 is 0 Å². The van der Waals surface area contributed by atoms with E-state index < -0.39 is 0 Å². The van der Waals surface area contributed by atoms with Gasteiger partial charge in [-0.25, -0.2) is 0 Å². The van der Waals surface area contributed by atoms with Crippen molar-refractivity contribution in [1.82, 2.24) is 10.3 Å². The molecule has 5 aliphatic rings. The van der Waals surface area contributed by atoms with Crippen molar-refractivity contribution < 1.29 is 9.90 Å². The molecule has 0 aliphatic heterocycles. The van der Waals surface area contributed by atoms with Gasteiger partial charge in [-0.3, -0.25) is 9.78 Å². The van der Waals surface area contributed by atoms with Gasteiger partial charge in [0, 0.05) is 23.5 Å². The first-order valence-corrected chi connectivity index (χ1v) is 15.9. The van der Waals surface area contributed by atoms with Crippen molar-refractivity contribution in [1.29, 1.82) is 0 Å². The van der Waals surface area contributed by atoms with Crippen LogP contribution < -0.4 is 5.32 Å². The Labute approximate surface area is 236 Å². The molecule has 4 heteroatoms. The van der Waals surface area contributed by atoms with Gasteiger partial charge in [-0.2, -0.15) is 0 Å². The van der Waals surface area contributed by atoms with Crippen LogP contribution in [-0.2, 0) is 0 Å². The van der Waals surface area contributed by atoms with E-state index in [-0.39, 0.29) is 39.2 Å². The number of hydrogen-bond donors (Lipinski definition) is 2. The highest BCUT2D eigenvalue weighted by Gasteiger charge is 2.71. The van der Waals surface area contributed by atoms with Crippen molar-refractivity contribution >= 4 is 5.91 Å². The van der Waals surface area contributed by atoms with Crippen molar-refractivity contribution in [3.8, 4) is 0 Å². The average molecular weight is 533 g/mol. The molecular weight excluding hydrogens is 480 g/mol. The van der Waals surface area contributed by atoms with Crippen molar-refractivity contribution in [2.75, 3.05) is 0 Å². The van der Waals surface area contributed by atoms with Gasteiger partial charge in [-0.1, -0.05) is 46.8 Å². The summed E-state index contributed by atoms with van der Waals surface area (Å²) in [6.45, 7) is 19.3. The van der Waals surface area contributed by atoms with E-state index in [2.05, 4.69) is 58.4 Å². The SMILES string of the molecule is C=C(C)[C@@H]1CC[C@]2(NC(=O)c3ccncc3)CC[C@]3(C)[C@H](CC[C@@H]4[C@@]5(C)CC[C@H](O)C(C)(C)[C@@H]5CC[C@]43C)[C@@H]12. The number of amides is 1. The Hall–Kier alpha value is -1.68. The molecule has 5 fully saturated rings. The molecule has 1 aromatic heterocycles. The standard InChI is InChI=1S/C35H52N2O2/c1-22(2)24-10-17-35(37-30(39)23-13-20-36-21-14-23)19-18-33(6)25(29(24)35)8-9-27-32(5)15-12-28(38)31(3,4)26(32)11-16-34(27,33)7/h13-14,20-21,24-29,38H,1,8-12,15-19H2,2-7H3,(H,37,39)/t24-,25+,26-,27+,28-,29+,32-,33+,34+,35-/m0/s1. The molecule has 0 unspecified atom stereocenters. The van der Waals surface area contributed by atoms with E-state index in [4.69, 9.17) is 0 Å². The Morgan fingerprint density at radius 1 is 0.897 bits per heavy atom. The quantitative estimate of drug-likeness (QED) is 0.394. The number of carbonyl (C=O) groups excluding carboxylic acids is 1. The van der Waals surface area contributed by atoms with Crippen LogP contribution in [0.25, 0.3) is 0 Å². The summed E-state index contributed by atoms with van der Waals surface area (Å²) < 4.78 is 0. The highest BCUT2D eigenvalue weighted by atomic mass is 16.3. The lowest BCUT2D eigenvalue weighted by atomic mass is 9.32. The average Bonchev–Trinajstić information content (AvgIpc) is 3.27. The van der Waals surface area contributed by atoms with E-state index in [1.165, 1.54) is 37.7 Å². The first kappa shape index (κ1) is 27.5. The Bertz CT molecular complexity index is 1150. The maximum atomic E-state index is 13.6. The molecule has 1 heterocycles. The minimum absolute atomic E-state index is 0.0124. The second kappa shape index (κ2) is 8.91. The van der Waals surface area contributed by atoms with Gasteiger partial charge in [-0.15, -0.1) is 0 Å². The summed E-state index contributed by atoms with van der Waals surface area (Å²) in [6, 6.07) is 3.68. The first-order chi connectivity index (χ1) is 18.3. The summed E-state index contributed by atoms with van der Waals surface area (Å²) >= 11 is 0. The number of carbonyl (C=O) groups is 1. The lowest BCUT2D eigenvalue weighted by molar-refractivity contribution is -0.243. The predicted molar refractivity (Wildman–Crippen MR) is 157 cm³/mol. The van der Waals surface area contributed by atoms with Gasteiger partial charge in [-0.05, 0) is 135 Å². The van der Waals surface area contributed by atoms with Gasteiger partial charge in [0.1, 0.15) is 0 Å². The van der Waals surface area contributed by atoms with E-state index in [0.717, 1.165) is 32.1 Å². The summed E-state index contributed by atoms with van der Waals surface area (Å²) in [6.07, 6.45) is 14.8. The maximum absolute atomic E-state index is 13.6. The topological polar surface area (TPSA) is 62.2 Å². The molecule has 5 saturated carbocycles. The second-order valence-corrected chi connectivity index (χ2v) is 15.9. The van der Waals surface area contributed by atoms with Crippen LogP contribution in [0.3, 0.4) is 0 Å². The highest BCUT2D eigenvalue weighted by molar-refractivity contribution is 5.94. The summed E-state index contributed by atoms with van der Waals surface area (Å²) in [5, 5.41) is 14.7. The number of aromatic nitrogens is 1. The molecule has 10 atom stereocenters. The maximum Gasteiger partial charge on any atom is 0.251 e. The van der Waals surface area contributed by atoms with Crippen LogP contribution in [0.1, 0.15) is 116 Å². The molecule has 4 nitrogen and oxygen atoms in total. The molecule has 1 aromatic rings. The minimum atomic E-state index is -0.180. The lowest BCUT2D eigenvalue weighted by Crippen LogP contribution is -2.69. The molecule has 0 bridgehead atoms. The summed E-state index contributed by atoms with van der Waals surface area (Å²) in [5.74, 6) is 2.86. The number of nitrogens with zero attached hydrogens (tertiary/aromatic N) is 1. The zero-order valence-electron chi connectivity index (χ0n) is 25.4. The summed E-state index contributed by atoms with van der Waals surface area (Å²) in [5.41, 5.74) is 2.68. The minimum Gasteiger partial charge on any atom is -0.393 e. The number of rotatable bonds is 3. The van der Waals surface area contributed by atoms with Crippen LogP contribution in [0, 0.1) is 51.2 Å². The molecular formula is C35H52N2O2. The van der Waals surface area contributed by atoms with Gasteiger partial charge in [0.2, 0.25) is 0 Å². The molecule has 2 N–H and O–H groups in total. The van der Waals surface area contributed by atoms with Gasteiger partial charge in [0.25, 0.3) is 5.91 Å². The monoisotopic (exact) mass is 532 g/mol. The highest BCUT2D eigenvalue weighted by Crippen LogP contribution is 2.76. The Kier molecular flexibility index (Phi) is 6.28. The van der Waals surface area contributed by atoms with Crippen LogP contribution in [0.5, 0.6) is 0 Å². The number of hydrogen-bond acceptors (Lipinski definition) is 3. The van der Waals surface area contributed by atoms with Crippen LogP contribution in [0.2, 0.25) is 0 Å². The van der Waals surface area contributed by atoms with E-state index in [9.17, 15) is 9.90 Å². The number of aliphatic hydroxyl groups excluding tert-OH is 1. The van der Waals surface area contributed by atoms with E-state index in [0.29, 0.717) is 35.2 Å². The molecule has 0 saturated heterocycles. The Morgan fingerprint density at radius 2 is 1.62 bits per heavy atom. The van der Waals surface area contributed by atoms with Gasteiger partial charge >= 0.3 is 0 Å². The molecule has 5 aliphatic carbocycles. The van der Waals surface area contributed by atoms with Crippen molar-refractivity contribution in [2.24, 2.45) is 51.2 Å². The fraction of sp³-hybridized carbons (Fsp3) is 0.771. The van der Waals surface area contributed by atoms with Gasteiger partial charge in [0.15, 0.2) is 0 Å². The third-order valence-electron chi connectivity index (χ3n) is 14.4. The molecule has 39 heavy (non-hydrogen) atoms. The zero-order valence-corrected chi connectivity index (χ0v) is 25.4. The summed E-state index contributed by atoms with van der Waals surface area (Å²) in [7, 11) is 0. The van der Waals surface area contributed by atoms with Crippen molar-refractivity contribution in [2.45, 2.75) is 117 Å². The van der Waals surface area contributed by atoms with Crippen LogP contribution in [0.15, 0.2) is 36.7 Å². The molecule has 1 amide bonds. The number of pyridine rings is 1.